The Morgan fingerprint density at radius 1 is 0.892 bits per heavy atom. The summed E-state index contributed by atoms with van der Waals surface area (Å²) in [5.74, 6) is -0.390. The number of fused-ring (bicyclic) bond motifs is 1. The number of thioether (sulfide) groups is 1. The van der Waals surface area contributed by atoms with Crippen LogP contribution in [0.1, 0.15) is 17.3 Å². The summed E-state index contributed by atoms with van der Waals surface area (Å²) in [5, 5.41) is 10.8. The molecule has 37 heavy (non-hydrogen) atoms. The van der Waals surface area contributed by atoms with Crippen LogP contribution >= 0.6 is 34.7 Å². The fraction of sp³-hybridized carbons (Fsp3) is 0.0690. The predicted octanol–water partition coefficient (Wildman–Crippen LogP) is 7.99. The number of amides is 2. The van der Waals surface area contributed by atoms with Crippen LogP contribution in [0.15, 0.2) is 101 Å². The lowest BCUT2D eigenvalue weighted by Gasteiger charge is -2.12. The summed E-state index contributed by atoms with van der Waals surface area (Å²) in [6, 6.07) is 28.6. The number of rotatable bonds is 7. The summed E-state index contributed by atoms with van der Waals surface area (Å²) in [5.41, 5.74) is 2.95. The smallest absolute Gasteiger partial charge is 0.255 e. The second kappa shape index (κ2) is 11.2. The Bertz CT molecular complexity index is 1600. The van der Waals surface area contributed by atoms with Crippen LogP contribution in [-0.2, 0) is 4.79 Å². The molecule has 0 bridgehead atoms. The Hall–Kier alpha value is -3.65. The maximum Gasteiger partial charge on any atom is 0.255 e. The van der Waals surface area contributed by atoms with Gasteiger partial charge in [0.1, 0.15) is 0 Å². The fourth-order valence-electron chi connectivity index (χ4n) is 3.76. The number of nitrogens with zero attached hydrogens (tertiary/aromatic N) is 1. The van der Waals surface area contributed by atoms with Gasteiger partial charge in [-0.25, -0.2) is 4.98 Å². The summed E-state index contributed by atoms with van der Waals surface area (Å²) in [7, 11) is 0. The molecule has 2 amide bonds. The molecule has 184 valence electrons. The molecule has 0 saturated heterocycles. The zero-order valence-corrected chi connectivity index (χ0v) is 22.2. The lowest BCUT2D eigenvalue weighted by atomic mass is 10.1. The number of carbonyl (C=O) groups is 2. The van der Waals surface area contributed by atoms with Gasteiger partial charge in [-0.2, -0.15) is 0 Å². The van der Waals surface area contributed by atoms with Gasteiger partial charge in [0.2, 0.25) is 5.91 Å². The Morgan fingerprint density at radius 2 is 1.70 bits per heavy atom. The zero-order chi connectivity index (χ0) is 25.8. The van der Waals surface area contributed by atoms with Gasteiger partial charge < -0.3 is 10.6 Å². The standard InChI is InChI=1S/C29H22ClN3O2S2/c1-18(37-25-11-5-10-24(16-25)31-28(35)22-8-4-9-23(30)15-22)27(34)33-29-32-26(17-36-29)21-13-12-19-6-2-3-7-20(19)14-21/h2-18H,1H3,(H,31,35)(H,32,33,34). The summed E-state index contributed by atoms with van der Waals surface area (Å²) in [6.45, 7) is 1.84. The fourth-order valence-corrected chi connectivity index (χ4v) is 5.60. The molecule has 0 fully saturated rings. The zero-order valence-electron chi connectivity index (χ0n) is 19.8. The van der Waals surface area contributed by atoms with E-state index in [0.717, 1.165) is 21.5 Å². The molecule has 1 aromatic heterocycles. The van der Waals surface area contributed by atoms with E-state index in [1.807, 2.05) is 48.7 Å². The van der Waals surface area contributed by atoms with E-state index < -0.39 is 0 Å². The van der Waals surface area contributed by atoms with Gasteiger partial charge in [0.15, 0.2) is 5.13 Å². The molecule has 0 radical (unpaired) electrons. The Morgan fingerprint density at radius 3 is 2.54 bits per heavy atom. The number of thiazole rings is 1. The highest BCUT2D eigenvalue weighted by molar-refractivity contribution is 8.00. The van der Waals surface area contributed by atoms with E-state index in [2.05, 4.69) is 39.9 Å². The summed E-state index contributed by atoms with van der Waals surface area (Å²) >= 11 is 8.80. The molecule has 5 aromatic rings. The highest BCUT2D eigenvalue weighted by atomic mass is 35.5. The van der Waals surface area contributed by atoms with Gasteiger partial charge in [0.05, 0.1) is 10.9 Å². The Balaban J connectivity index is 1.21. The van der Waals surface area contributed by atoms with Crippen molar-refractivity contribution in [3.8, 4) is 11.3 Å². The Labute approximate surface area is 227 Å². The molecule has 0 aliphatic rings. The quantitative estimate of drug-likeness (QED) is 0.204. The molecule has 1 unspecified atom stereocenters. The molecule has 5 nitrogen and oxygen atoms in total. The van der Waals surface area contributed by atoms with Gasteiger partial charge in [-0.1, -0.05) is 60.1 Å². The SMILES string of the molecule is CC(Sc1cccc(NC(=O)c2cccc(Cl)c2)c1)C(=O)Nc1nc(-c2ccc3ccccc3c2)cs1. The first kappa shape index (κ1) is 25.0. The third-order valence-electron chi connectivity index (χ3n) is 5.64. The van der Waals surface area contributed by atoms with Gasteiger partial charge in [-0.05, 0) is 60.2 Å². The minimum absolute atomic E-state index is 0.141. The van der Waals surface area contributed by atoms with Crippen molar-refractivity contribution < 1.29 is 9.59 Å². The van der Waals surface area contributed by atoms with Crippen LogP contribution < -0.4 is 10.6 Å². The highest BCUT2D eigenvalue weighted by Gasteiger charge is 2.17. The summed E-state index contributed by atoms with van der Waals surface area (Å²) in [6.07, 6.45) is 0. The third-order valence-corrected chi connectivity index (χ3v) is 7.73. The highest BCUT2D eigenvalue weighted by Crippen LogP contribution is 2.30. The van der Waals surface area contributed by atoms with Gasteiger partial charge >= 0.3 is 0 Å². The first-order valence-corrected chi connectivity index (χ1v) is 13.7. The van der Waals surface area contributed by atoms with Crippen molar-refractivity contribution in [2.24, 2.45) is 0 Å². The van der Waals surface area contributed by atoms with E-state index in [-0.39, 0.29) is 17.1 Å². The lowest BCUT2D eigenvalue weighted by molar-refractivity contribution is -0.115. The van der Waals surface area contributed by atoms with Crippen molar-refractivity contribution >= 4 is 68.1 Å². The van der Waals surface area contributed by atoms with Crippen molar-refractivity contribution in [1.82, 2.24) is 4.98 Å². The van der Waals surface area contributed by atoms with E-state index >= 15 is 0 Å². The van der Waals surface area contributed by atoms with Crippen LogP contribution in [0.3, 0.4) is 0 Å². The molecule has 1 atom stereocenters. The summed E-state index contributed by atoms with van der Waals surface area (Å²) < 4.78 is 0. The largest absolute Gasteiger partial charge is 0.322 e. The molecular weight excluding hydrogens is 522 g/mol. The minimum atomic E-state index is -0.369. The molecule has 0 aliphatic heterocycles. The average molecular weight is 544 g/mol. The van der Waals surface area contributed by atoms with Gasteiger partial charge in [0.25, 0.3) is 5.91 Å². The van der Waals surface area contributed by atoms with E-state index in [4.69, 9.17) is 11.6 Å². The maximum absolute atomic E-state index is 12.9. The Kier molecular flexibility index (Phi) is 7.55. The monoisotopic (exact) mass is 543 g/mol. The second-order valence-corrected chi connectivity index (χ2v) is 11.1. The van der Waals surface area contributed by atoms with Crippen LogP contribution in [0, 0.1) is 0 Å². The number of benzene rings is 4. The van der Waals surface area contributed by atoms with Crippen LogP contribution in [0.25, 0.3) is 22.0 Å². The van der Waals surface area contributed by atoms with Crippen molar-refractivity contribution in [2.75, 3.05) is 10.6 Å². The number of carbonyl (C=O) groups excluding carboxylic acids is 2. The molecule has 2 N–H and O–H groups in total. The average Bonchev–Trinajstić information content (AvgIpc) is 3.37. The van der Waals surface area contributed by atoms with Crippen molar-refractivity contribution in [3.05, 3.63) is 107 Å². The first-order valence-electron chi connectivity index (χ1n) is 11.5. The number of hydrogen-bond donors (Lipinski definition) is 2. The number of halogens is 1. The van der Waals surface area contributed by atoms with Crippen LogP contribution in [0.5, 0.6) is 0 Å². The maximum atomic E-state index is 12.9. The minimum Gasteiger partial charge on any atom is -0.322 e. The van der Waals surface area contributed by atoms with Crippen molar-refractivity contribution in [1.29, 1.82) is 0 Å². The van der Waals surface area contributed by atoms with Crippen LogP contribution in [0.2, 0.25) is 5.02 Å². The topological polar surface area (TPSA) is 71.1 Å². The van der Waals surface area contributed by atoms with Crippen LogP contribution in [0.4, 0.5) is 10.8 Å². The molecular formula is C29H22ClN3O2S2. The van der Waals surface area contributed by atoms with Gasteiger partial charge in [-0.3, -0.25) is 9.59 Å². The molecule has 0 aliphatic carbocycles. The molecule has 4 aromatic carbocycles. The van der Waals surface area contributed by atoms with Gasteiger partial charge in [-0.15, -0.1) is 23.1 Å². The number of aromatic nitrogens is 1. The summed E-state index contributed by atoms with van der Waals surface area (Å²) in [4.78, 5) is 30.9. The van der Waals surface area contributed by atoms with E-state index in [1.165, 1.54) is 28.5 Å². The van der Waals surface area contributed by atoms with E-state index in [9.17, 15) is 9.59 Å². The van der Waals surface area contributed by atoms with Gasteiger partial charge in [0, 0.05) is 32.1 Å². The first-order chi connectivity index (χ1) is 17.9. The van der Waals surface area contributed by atoms with Crippen LogP contribution in [-0.4, -0.2) is 22.0 Å². The third kappa shape index (κ3) is 6.20. The molecule has 1 heterocycles. The number of hydrogen-bond acceptors (Lipinski definition) is 5. The number of anilines is 2. The molecule has 8 heteroatoms. The van der Waals surface area contributed by atoms with Crippen molar-refractivity contribution in [3.63, 3.8) is 0 Å². The second-order valence-electron chi connectivity index (χ2n) is 8.34. The number of nitrogens with one attached hydrogen (secondary N) is 2. The normalized spacial score (nSPS) is 11.7. The molecule has 0 saturated carbocycles. The van der Waals surface area contributed by atoms with E-state index in [0.29, 0.717) is 21.4 Å². The van der Waals surface area contributed by atoms with Crippen molar-refractivity contribution in [2.45, 2.75) is 17.1 Å². The van der Waals surface area contributed by atoms with E-state index in [1.54, 1.807) is 30.3 Å². The lowest BCUT2D eigenvalue weighted by Crippen LogP contribution is -2.22. The molecule has 0 spiro atoms. The molecule has 5 rings (SSSR count). The predicted molar refractivity (Wildman–Crippen MR) is 155 cm³/mol.